The summed E-state index contributed by atoms with van der Waals surface area (Å²) in [6, 6.07) is 16.1. The van der Waals surface area contributed by atoms with Gasteiger partial charge in [-0.15, -0.1) is 0 Å². The van der Waals surface area contributed by atoms with E-state index in [1.54, 1.807) is 12.0 Å². The van der Waals surface area contributed by atoms with E-state index in [1.807, 2.05) is 48.2 Å². The normalized spacial score (nSPS) is 20.6. The number of likely N-dealkylation sites (N-methyl/N-ethyl adjacent to an activating group) is 1. The van der Waals surface area contributed by atoms with E-state index < -0.39 is 5.54 Å². The first-order valence-electron chi connectivity index (χ1n) is 12.3. The van der Waals surface area contributed by atoms with Gasteiger partial charge in [0, 0.05) is 37.8 Å². The summed E-state index contributed by atoms with van der Waals surface area (Å²) in [6.07, 6.45) is 7.14. The van der Waals surface area contributed by atoms with Gasteiger partial charge in [-0.3, -0.25) is 14.6 Å². The lowest BCUT2D eigenvalue weighted by Gasteiger charge is -2.41. The van der Waals surface area contributed by atoms with E-state index in [0.717, 1.165) is 43.8 Å². The van der Waals surface area contributed by atoms with Gasteiger partial charge in [-0.25, -0.2) is 4.79 Å². The van der Waals surface area contributed by atoms with Crippen LogP contribution >= 0.6 is 0 Å². The zero-order valence-electron chi connectivity index (χ0n) is 20.1. The standard InChI is InChI=1S/C28H33N3O3/c1-3-30-27(33)31(24-19-22-10-4-5-11-23(22)20-24)26(32)28(30)14-17-29(18-15-28)16-8-12-21-9-6-7-13-25(21)34-2/h4-13,24H,3,14-20H2,1-2H3. The molecular formula is C28H33N3O3. The van der Waals surface area contributed by atoms with E-state index in [2.05, 4.69) is 29.2 Å². The monoisotopic (exact) mass is 459 g/mol. The molecule has 3 aliphatic rings. The number of hydrogen-bond acceptors (Lipinski definition) is 4. The number of urea groups is 1. The Morgan fingerprint density at radius 2 is 1.65 bits per heavy atom. The Bertz CT molecular complexity index is 1080. The van der Waals surface area contributed by atoms with Crippen LogP contribution in [0.25, 0.3) is 6.08 Å². The summed E-state index contributed by atoms with van der Waals surface area (Å²) in [4.78, 5) is 33.0. The molecule has 2 aliphatic heterocycles. The lowest BCUT2D eigenvalue weighted by atomic mass is 9.85. The van der Waals surface area contributed by atoms with Gasteiger partial charge in [-0.05, 0) is 49.8 Å². The number of imide groups is 1. The third kappa shape index (κ3) is 3.80. The number of carbonyl (C=O) groups is 2. The summed E-state index contributed by atoms with van der Waals surface area (Å²) < 4.78 is 5.43. The van der Waals surface area contributed by atoms with Crippen LogP contribution in [0.4, 0.5) is 4.79 Å². The number of likely N-dealkylation sites (tertiary alicyclic amines) is 1. The highest BCUT2D eigenvalue weighted by molar-refractivity contribution is 6.07. The number of benzene rings is 2. The number of piperidine rings is 1. The SMILES string of the molecule is CCN1C(=O)N(C2Cc3ccccc3C2)C(=O)C12CCN(CC=Cc1ccccc1OC)CC2. The average molecular weight is 460 g/mol. The second-order valence-corrected chi connectivity index (χ2v) is 9.51. The number of rotatable bonds is 6. The summed E-state index contributed by atoms with van der Waals surface area (Å²) in [6.45, 7) is 4.95. The quantitative estimate of drug-likeness (QED) is 0.613. The minimum atomic E-state index is -0.691. The molecule has 3 amide bonds. The molecule has 0 N–H and O–H groups in total. The van der Waals surface area contributed by atoms with Crippen LogP contribution in [0.15, 0.2) is 54.6 Å². The Kier molecular flexibility index (Phi) is 6.17. The fourth-order valence-corrected chi connectivity index (χ4v) is 5.94. The van der Waals surface area contributed by atoms with Crippen molar-refractivity contribution >= 4 is 18.0 Å². The summed E-state index contributed by atoms with van der Waals surface area (Å²) in [5.41, 5.74) is 2.88. The number of methoxy groups -OCH3 is 1. The molecule has 2 aromatic rings. The number of hydrogen-bond donors (Lipinski definition) is 0. The van der Waals surface area contributed by atoms with Crippen LogP contribution in [0.1, 0.15) is 36.5 Å². The summed E-state index contributed by atoms with van der Waals surface area (Å²) >= 11 is 0. The molecule has 5 rings (SSSR count). The summed E-state index contributed by atoms with van der Waals surface area (Å²) in [7, 11) is 1.68. The van der Waals surface area contributed by atoms with Crippen molar-refractivity contribution in [2.75, 3.05) is 33.3 Å². The maximum absolute atomic E-state index is 13.8. The van der Waals surface area contributed by atoms with E-state index in [4.69, 9.17) is 4.74 Å². The van der Waals surface area contributed by atoms with Crippen LogP contribution in [-0.2, 0) is 17.6 Å². The molecule has 2 heterocycles. The number of nitrogens with zero attached hydrogens (tertiary/aromatic N) is 3. The van der Waals surface area contributed by atoms with Crippen LogP contribution < -0.4 is 4.74 Å². The van der Waals surface area contributed by atoms with Crippen molar-refractivity contribution in [3.8, 4) is 5.75 Å². The van der Waals surface area contributed by atoms with Crippen molar-refractivity contribution in [3.05, 3.63) is 71.3 Å². The highest BCUT2D eigenvalue weighted by Crippen LogP contribution is 2.40. The van der Waals surface area contributed by atoms with Gasteiger partial charge in [0.25, 0.3) is 5.91 Å². The van der Waals surface area contributed by atoms with E-state index in [-0.39, 0.29) is 18.0 Å². The Morgan fingerprint density at radius 3 is 2.29 bits per heavy atom. The van der Waals surface area contributed by atoms with Crippen LogP contribution in [0.3, 0.4) is 0 Å². The molecule has 0 saturated carbocycles. The molecule has 2 fully saturated rings. The first-order chi connectivity index (χ1) is 16.6. The van der Waals surface area contributed by atoms with E-state index >= 15 is 0 Å². The Labute approximate surface area is 201 Å². The largest absolute Gasteiger partial charge is 0.496 e. The Hall–Kier alpha value is -3.12. The molecule has 0 aromatic heterocycles. The lowest BCUT2D eigenvalue weighted by Crippen LogP contribution is -2.56. The number of carbonyl (C=O) groups excluding carboxylic acids is 2. The van der Waals surface area contributed by atoms with Gasteiger partial charge in [0.1, 0.15) is 11.3 Å². The van der Waals surface area contributed by atoms with Crippen molar-refractivity contribution in [2.45, 2.75) is 44.2 Å². The van der Waals surface area contributed by atoms with Crippen molar-refractivity contribution in [2.24, 2.45) is 0 Å². The second kappa shape index (κ2) is 9.26. The molecule has 0 radical (unpaired) electrons. The van der Waals surface area contributed by atoms with Gasteiger partial charge in [-0.2, -0.15) is 0 Å². The molecule has 6 nitrogen and oxygen atoms in total. The van der Waals surface area contributed by atoms with Gasteiger partial charge in [0.15, 0.2) is 0 Å². The molecule has 0 unspecified atom stereocenters. The number of amides is 3. The molecule has 1 aliphatic carbocycles. The van der Waals surface area contributed by atoms with E-state index in [1.165, 1.54) is 11.1 Å². The van der Waals surface area contributed by atoms with Crippen molar-refractivity contribution in [1.82, 2.24) is 14.7 Å². The zero-order chi connectivity index (χ0) is 23.7. The predicted molar refractivity (Wildman–Crippen MR) is 133 cm³/mol. The van der Waals surface area contributed by atoms with Crippen molar-refractivity contribution < 1.29 is 14.3 Å². The first kappa shape index (κ1) is 22.7. The molecule has 2 saturated heterocycles. The van der Waals surface area contributed by atoms with Gasteiger partial charge in [0.05, 0.1) is 7.11 Å². The fraction of sp³-hybridized carbons (Fsp3) is 0.429. The van der Waals surface area contributed by atoms with Crippen molar-refractivity contribution in [3.63, 3.8) is 0 Å². The van der Waals surface area contributed by atoms with Gasteiger partial charge >= 0.3 is 6.03 Å². The number of fused-ring (bicyclic) bond motifs is 1. The number of para-hydroxylation sites is 1. The van der Waals surface area contributed by atoms with Crippen LogP contribution in [0.5, 0.6) is 5.75 Å². The third-order valence-corrected chi connectivity index (χ3v) is 7.76. The minimum Gasteiger partial charge on any atom is -0.496 e. The van der Waals surface area contributed by atoms with Crippen molar-refractivity contribution in [1.29, 1.82) is 0 Å². The van der Waals surface area contributed by atoms with Crippen LogP contribution in [-0.4, -0.2) is 71.5 Å². The highest BCUT2D eigenvalue weighted by atomic mass is 16.5. The maximum Gasteiger partial charge on any atom is 0.327 e. The zero-order valence-corrected chi connectivity index (χ0v) is 20.1. The minimum absolute atomic E-state index is 0.0152. The van der Waals surface area contributed by atoms with Crippen LogP contribution in [0, 0.1) is 0 Å². The highest BCUT2D eigenvalue weighted by Gasteiger charge is 2.59. The van der Waals surface area contributed by atoms with Gasteiger partial charge in [-0.1, -0.05) is 54.6 Å². The van der Waals surface area contributed by atoms with Crippen LogP contribution in [0.2, 0.25) is 0 Å². The average Bonchev–Trinajstić information content (AvgIpc) is 3.37. The summed E-state index contributed by atoms with van der Waals surface area (Å²) in [5.74, 6) is 0.875. The Morgan fingerprint density at radius 1 is 1.00 bits per heavy atom. The van der Waals surface area contributed by atoms with Gasteiger partial charge < -0.3 is 9.64 Å². The van der Waals surface area contributed by atoms with E-state index in [9.17, 15) is 9.59 Å². The van der Waals surface area contributed by atoms with Gasteiger partial charge in [0.2, 0.25) is 0 Å². The molecular weight excluding hydrogens is 426 g/mol. The molecule has 0 bridgehead atoms. The van der Waals surface area contributed by atoms with E-state index in [0.29, 0.717) is 19.4 Å². The Balaban J connectivity index is 1.26. The number of ether oxygens (including phenoxy) is 1. The predicted octanol–water partition coefficient (Wildman–Crippen LogP) is 3.99. The maximum atomic E-state index is 13.8. The molecule has 1 spiro atoms. The topological polar surface area (TPSA) is 53.1 Å². The molecule has 34 heavy (non-hydrogen) atoms. The summed E-state index contributed by atoms with van der Waals surface area (Å²) in [5, 5.41) is 0. The fourth-order valence-electron chi connectivity index (χ4n) is 5.94. The lowest BCUT2D eigenvalue weighted by molar-refractivity contribution is -0.136. The molecule has 178 valence electrons. The molecule has 0 atom stereocenters. The second-order valence-electron chi connectivity index (χ2n) is 9.51. The molecule has 6 heteroatoms. The first-order valence-corrected chi connectivity index (χ1v) is 12.3. The molecule has 2 aromatic carbocycles. The third-order valence-electron chi connectivity index (χ3n) is 7.76. The smallest absolute Gasteiger partial charge is 0.327 e.